The molecule has 0 amide bonds. The van der Waals surface area contributed by atoms with Crippen LogP contribution in [-0.4, -0.2) is 88.7 Å². The number of carbonyl (C=O) groups is 6. The quantitative estimate of drug-likeness (QED) is 0.0321. The van der Waals surface area contributed by atoms with Crippen LogP contribution in [0.3, 0.4) is 0 Å². The van der Waals surface area contributed by atoms with Crippen LogP contribution in [0.4, 0.5) is 0 Å². The van der Waals surface area contributed by atoms with Crippen molar-refractivity contribution in [2.24, 2.45) is 10.8 Å². The Morgan fingerprint density at radius 2 is 0.268 bits per heavy atom. The molecule has 13 heteroatoms. The zero-order valence-corrected chi connectivity index (χ0v) is 83.2. The lowest BCUT2D eigenvalue weighted by Gasteiger charge is -2.35. The molecule has 13 nitrogen and oxygen atoms in total. The number of esters is 6. The van der Waals surface area contributed by atoms with E-state index in [0.717, 1.165) is 77.0 Å². The topological polar surface area (TPSA) is 167 Å². The van der Waals surface area contributed by atoms with Gasteiger partial charge in [0.25, 0.3) is 0 Å². The smallest absolute Gasteiger partial charge is 0.305 e. The van der Waals surface area contributed by atoms with E-state index in [1.807, 2.05) is 0 Å². The summed E-state index contributed by atoms with van der Waals surface area (Å²) in [4.78, 5) is 78.4. The molecule has 0 rings (SSSR count). The summed E-state index contributed by atoms with van der Waals surface area (Å²) in [5.41, 5.74) is -1.13. The van der Waals surface area contributed by atoms with Gasteiger partial charge in [-0.2, -0.15) is 0 Å². The fourth-order valence-electron chi connectivity index (χ4n) is 18.2. The lowest BCUT2D eigenvalue weighted by atomic mass is 9.75. The number of ether oxygens (including phenoxy) is 7. The van der Waals surface area contributed by atoms with E-state index in [-0.39, 0.29) is 75.5 Å². The summed E-state index contributed by atoms with van der Waals surface area (Å²) in [5, 5.41) is 0. The monoisotopic (exact) mass is 1740 g/mol. The molecule has 0 spiro atoms. The van der Waals surface area contributed by atoms with Crippen molar-refractivity contribution in [3.63, 3.8) is 0 Å². The second-order valence-electron chi connectivity index (χ2n) is 38.6. The predicted molar refractivity (Wildman–Crippen MR) is 522 cm³/mol. The molecule has 0 aromatic carbocycles. The normalized spacial score (nSPS) is 11.8. The molecular formula is C110H210O13. The van der Waals surface area contributed by atoms with Crippen molar-refractivity contribution >= 4 is 35.8 Å². The standard InChI is InChI=1S/C110H210O13/c1-7-11-15-19-23-27-31-35-39-43-47-51-55-59-63-67-71-75-79-83-105(113)120-99-91-109(89-97-118-103(5)111,92-100-121-106(114)84-80-76-72-68-64-60-56-52-48-44-40-36-32-28-24-20-16-12-8-2)87-95-117-96-88-110(90-98-119-104(6)112,93-101-122-107(115)85-81-77-73-69-65-61-57-53-49-45-41-37-33-29-25-21-17-13-9-3)94-102-123-108(116)86-82-78-74-70-66-62-58-54-50-46-42-38-34-30-26-22-18-14-10-4/h7-102H2,1-6H3. The van der Waals surface area contributed by atoms with Gasteiger partial charge in [0.15, 0.2) is 0 Å². The van der Waals surface area contributed by atoms with E-state index in [4.69, 9.17) is 33.2 Å². The first-order valence-corrected chi connectivity index (χ1v) is 54.8. The lowest BCUT2D eigenvalue weighted by Crippen LogP contribution is -2.31. The van der Waals surface area contributed by atoms with Gasteiger partial charge in [-0.1, -0.05) is 490 Å². The van der Waals surface area contributed by atoms with Crippen molar-refractivity contribution in [3.8, 4) is 0 Å². The molecule has 0 aliphatic carbocycles. The van der Waals surface area contributed by atoms with E-state index in [1.54, 1.807) is 0 Å². The molecule has 0 N–H and O–H groups in total. The average molecular weight is 1740 g/mol. The molecule has 0 saturated carbocycles. The summed E-state index contributed by atoms with van der Waals surface area (Å²) in [7, 11) is 0. The van der Waals surface area contributed by atoms with Crippen LogP contribution in [0.1, 0.15) is 607 Å². The molecule has 0 aliphatic heterocycles. The number of hydrogen-bond acceptors (Lipinski definition) is 13. The van der Waals surface area contributed by atoms with Gasteiger partial charge < -0.3 is 33.2 Å². The second-order valence-corrected chi connectivity index (χ2v) is 38.6. The lowest BCUT2D eigenvalue weighted by molar-refractivity contribution is -0.148. The van der Waals surface area contributed by atoms with Gasteiger partial charge in [0, 0.05) is 52.7 Å². The maximum absolute atomic E-state index is 13.4. The Morgan fingerprint density at radius 1 is 0.154 bits per heavy atom. The van der Waals surface area contributed by atoms with E-state index < -0.39 is 10.8 Å². The van der Waals surface area contributed by atoms with E-state index in [0.29, 0.717) is 90.3 Å². The molecule has 0 bridgehead atoms. The van der Waals surface area contributed by atoms with Crippen LogP contribution in [0.5, 0.6) is 0 Å². The zero-order chi connectivity index (χ0) is 89.3. The Balaban J connectivity index is 5.98. The average Bonchev–Trinajstić information content (AvgIpc) is 0.863. The van der Waals surface area contributed by atoms with Crippen LogP contribution >= 0.6 is 0 Å². The summed E-state index contributed by atoms with van der Waals surface area (Å²) >= 11 is 0. The molecule has 0 unspecified atom stereocenters. The Hall–Kier alpha value is -3.22. The molecule has 0 aliphatic rings. The molecule has 0 aromatic heterocycles. The fraction of sp³-hybridized carbons (Fsp3) is 0.945. The van der Waals surface area contributed by atoms with Crippen LogP contribution in [0.15, 0.2) is 0 Å². The SMILES string of the molecule is CCCCCCCCCCCCCCCCCCCCCC(=O)OCCC(CCOCCC(CCOC(C)=O)(CCOC(=O)CCCCCCCCCCCCCCCCCCCCC)CCOC(=O)CCCCCCCCCCCCCCCCCCCCC)(CCOC(C)=O)CCOC(=O)CCCCCCCCCCCCCCCCCCCCC. The van der Waals surface area contributed by atoms with Gasteiger partial charge in [0.1, 0.15) is 0 Å². The van der Waals surface area contributed by atoms with Crippen molar-refractivity contribution in [1.29, 1.82) is 0 Å². The molecule has 728 valence electrons. The first-order chi connectivity index (χ1) is 60.4. The third-order valence-corrected chi connectivity index (χ3v) is 26.9. The van der Waals surface area contributed by atoms with Crippen molar-refractivity contribution in [3.05, 3.63) is 0 Å². The largest absolute Gasteiger partial charge is 0.466 e. The molecule has 0 radical (unpaired) electrons. The van der Waals surface area contributed by atoms with Crippen LogP contribution in [0.25, 0.3) is 0 Å². The van der Waals surface area contributed by atoms with Gasteiger partial charge in [0.05, 0.1) is 39.6 Å². The van der Waals surface area contributed by atoms with E-state index in [1.165, 1.54) is 425 Å². The minimum atomic E-state index is -0.567. The third-order valence-electron chi connectivity index (χ3n) is 26.9. The first-order valence-electron chi connectivity index (χ1n) is 54.8. The van der Waals surface area contributed by atoms with E-state index >= 15 is 0 Å². The number of hydrogen-bond donors (Lipinski definition) is 0. The minimum absolute atomic E-state index is 0.159. The number of unbranched alkanes of at least 4 members (excludes halogenated alkanes) is 72. The summed E-state index contributed by atoms with van der Waals surface area (Å²) < 4.78 is 42.0. The summed E-state index contributed by atoms with van der Waals surface area (Å²) in [5.74, 6) is -1.58. The van der Waals surface area contributed by atoms with Crippen molar-refractivity contribution < 1.29 is 61.9 Å². The predicted octanol–water partition coefficient (Wildman–Crippen LogP) is 34.7. The highest BCUT2D eigenvalue weighted by Crippen LogP contribution is 2.39. The Labute approximate surface area is 763 Å². The van der Waals surface area contributed by atoms with E-state index in [2.05, 4.69) is 27.7 Å². The molecule has 0 fully saturated rings. The van der Waals surface area contributed by atoms with Crippen molar-refractivity contribution in [1.82, 2.24) is 0 Å². The molecule has 0 heterocycles. The van der Waals surface area contributed by atoms with Crippen molar-refractivity contribution in [2.45, 2.75) is 607 Å². The Morgan fingerprint density at radius 3 is 0.398 bits per heavy atom. The molecule has 0 saturated heterocycles. The van der Waals surface area contributed by atoms with Gasteiger partial charge in [0.2, 0.25) is 0 Å². The van der Waals surface area contributed by atoms with E-state index in [9.17, 15) is 28.8 Å². The minimum Gasteiger partial charge on any atom is -0.466 e. The maximum Gasteiger partial charge on any atom is 0.305 e. The second kappa shape index (κ2) is 97.8. The van der Waals surface area contributed by atoms with Crippen molar-refractivity contribution in [2.75, 3.05) is 52.9 Å². The maximum atomic E-state index is 13.4. The highest BCUT2D eigenvalue weighted by molar-refractivity contribution is 5.70. The van der Waals surface area contributed by atoms with Gasteiger partial charge in [-0.05, 0) is 87.9 Å². The van der Waals surface area contributed by atoms with Gasteiger partial charge in [-0.15, -0.1) is 0 Å². The van der Waals surface area contributed by atoms with Crippen LogP contribution < -0.4 is 0 Å². The third kappa shape index (κ3) is 91.9. The molecule has 0 atom stereocenters. The Bertz CT molecular complexity index is 1950. The number of carbonyl (C=O) groups excluding carboxylic acids is 6. The highest BCUT2D eigenvalue weighted by Gasteiger charge is 2.34. The number of rotatable bonds is 104. The summed E-state index contributed by atoms with van der Waals surface area (Å²) in [6.07, 6.45) is 104. The Kier molecular flexibility index (Phi) is 95.3. The zero-order valence-electron chi connectivity index (χ0n) is 83.2. The summed E-state index contributed by atoms with van der Waals surface area (Å²) in [6.45, 7) is 13.7. The highest BCUT2D eigenvalue weighted by atomic mass is 16.6. The van der Waals surface area contributed by atoms with Crippen LogP contribution in [0.2, 0.25) is 0 Å². The van der Waals surface area contributed by atoms with Gasteiger partial charge in [-0.25, -0.2) is 0 Å². The molecule has 0 aromatic rings. The van der Waals surface area contributed by atoms with Crippen LogP contribution in [0, 0.1) is 10.8 Å². The molecule has 123 heavy (non-hydrogen) atoms. The van der Waals surface area contributed by atoms with Gasteiger partial charge >= 0.3 is 35.8 Å². The molecular weight excluding hydrogens is 1530 g/mol. The fourth-order valence-corrected chi connectivity index (χ4v) is 18.2. The van der Waals surface area contributed by atoms with Gasteiger partial charge in [-0.3, -0.25) is 28.8 Å². The van der Waals surface area contributed by atoms with Crippen LogP contribution in [-0.2, 0) is 61.9 Å². The first kappa shape index (κ1) is 120. The summed E-state index contributed by atoms with van der Waals surface area (Å²) in [6, 6.07) is 0.